The summed E-state index contributed by atoms with van der Waals surface area (Å²) in [6.45, 7) is 0. The maximum absolute atomic E-state index is 13.9. The van der Waals surface area contributed by atoms with E-state index in [4.69, 9.17) is 0 Å². The highest BCUT2D eigenvalue weighted by atomic mass is 19.4. The number of anilines is 1. The first-order valence-corrected chi connectivity index (χ1v) is 8.03. The van der Waals surface area contributed by atoms with E-state index in [2.05, 4.69) is 15.2 Å². The van der Waals surface area contributed by atoms with Crippen LogP contribution in [0.15, 0.2) is 54.7 Å². The molecule has 0 unspecified atom stereocenters. The lowest BCUT2D eigenvalue weighted by Crippen LogP contribution is -2.21. The molecule has 1 N–H and O–H groups in total. The Morgan fingerprint density at radius 1 is 0.967 bits per heavy atom. The largest absolute Gasteiger partial charge is 0.573 e. The molecule has 0 saturated carbocycles. The molecule has 0 radical (unpaired) electrons. The van der Waals surface area contributed by atoms with Crippen molar-refractivity contribution in [3.8, 4) is 11.4 Å². The number of ether oxygens (including phenoxy) is 1. The number of rotatable bonds is 4. The summed E-state index contributed by atoms with van der Waals surface area (Å²) in [7, 11) is 0. The zero-order valence-corrected chi connectivity index (χ0v) is 14.6. The number of hydrogen-bond acceptors (Lipinski definition) is 3. The molecule has 0 bridgehead atoms. The number of nitrogens with zero attached hydrogens (tertiary/aromatic N) is 2. The highest BCUT2D eigenvalue weighted by Gasteiger charge is 2.41. The van der Waals surface area contributed by atoms with E-state index in [1.807, 2.05) is 0 Å². The molecule has 1 heterocycles. The van der Waals surface area contributed by atoms with Crippen molar-refractivity contribution < 1.29 is 40.3 Å². The lowest BCUT2D eigenvalue weighted by atomic mass is 10.2. The van der Waals surface area contributed by atoms with Crippen molar-refractivity contribution in [3.05, 3.63) is 71.8 Å². The third-order valence-electron chi connectivity index (χ3n) is 3.71. The van der Waals surface area contributed by atoms with Gasteiger partial charge in [0.1, 0.15) is 17.3 Å². The minimum Gasteiger partial charge on any atom is -0.406 e. The molecule has 0 aliphatic rings. The molecule has 0 atom stereocenters. The average Bonchev–Trinajstić information content (AvgIpc) is 3.08. The van der Waals surface area contributed by atoms with E-state index in [0.29, 0.717) is 6.20 Å². The molecule has 12 heteroatoms. The standard InChI is InChI=1S/C18H10F7N3O2/c19-13-3-1-2-4-14(13)28-15(17(20,21)22)12(9-26-28)16(29)27-10-5-7-11(8-6-10)30-18(23,24)25/h1-9H,(H,27,29). The van der Waals surface area contributed by atoms with Crippen LogP contribution in [0.1, 0.15) is 16.1 Å². The summed E-state index contributed by atoms with van der Waals surface area (Å²) in [6, 6.07) is 8.31. The molecule has 0 spiro atoms. The van der Waals surface area contributed by atoms with E-state index in [9.17, 15) is 35.5 Å². The van der Waals surface area contributed by atoms with Gasteiger partial charge in [0.15, 0.2) is 5.69 Å². The Bertz CT molecular complexity index is 1060. The van der Waals surface area contributed by atoms with Crippen LogP contribution in [0.25, 0.3) is 5.69 Å². The summed E-state index contributed by atoms with van der Waals surface area (Å²) in [5.41, 5.74) is -3.03. The van der Waals surface area contributed by atoms with Crippen LogP contribution in [0.4, 0.5) is 36.4 Å². The van der Waals surface area contributed by atoms with Gasteiger partial charge in [0.05, 0.1) is 11.8 Å². The number of hydrogen-bond donors (Lipinski definition) is 1. The summed E-state index contributed by atoms with van der Waals surface area (Å²) in [5, 5.41) is 5.60. The van der Waals surface area contributed by atoms with Gasteiger partial charge in [-0.2, -0.15) is 18.3 Å². The first-order valence-electron chi connectivity index (χ1n) is 8.03. The predicted octanol–water partition coefficient (Wildman–Crippen LogP) is 5.18. The van der Waals surface area contributed by atoms with Gasteiger partial charge >= 0.3 is 12.5 Å². The Balaban J connectivity index is 1.91. The number of para-hydroxylation sites is 1. The smallest absolute Gasteiger partial charge is 0.406 e. The molecule has 3 rings (SSSR count). The van der Waals surface area contributed by atoms with Gasteiger partial charge in [-0.3, -0.25) is 4.79 Å². The number of halogens is 7. The van der Waals surface area contributed by atoms with E-state index in [-0.39, 0.29) is 10.4 Å². The highest BCUT2D eigenvalue weighted by Crippen LogP contribution is 2.34. The zero-order chi connectivity index (χ0) is 22.1. The van der Waals surface area contributed by atoms with E-state index in [1.165, 1.54) is 12.1 Å². The summed E-state index contributed by atoms with van der Waals surface area (Å²) >= 11 is 0. The molecule has 0 aliphatic carbocycles. The van der Waals surface area contributed by atoms with Crippen LogP contribution in [0, 0.1) is 5.82 Å². The molecule has 5 nitrogen and oxygen atoms in total. The lowest BCUT2D eigenvalue weighted by molar-refractivity contribution is -0.274. The molecular formula is C18H10F7N3O2. The Morgan fingerprint density at radius 3 is 2.17 bits per heavy atom. The minimum absolute atomic E-state index is 0.0960. The second kappa shape index (κ2) is 7.69. The van der Waals surface area contributed by atoms with Crippen LogP contribution >= 0.6 is 0 Å². The van der Waals surface area contributed by atoms with Crippen molar-refractivity contribution >= 4 is 11.6 Å². The number of alkyl halides is 6. The molecule has 0 aliphatic heterocycles. The SMILES string of the molecule is O=C(Nc1ccc(OC(F)(F)F)cc1)c1cnn(-c2ccccc2F)c1C(F)(F)F. The summed E-state index contributed by atoms with van der Waals surface area (Å²) in [5.74, 6) is -2.81. The van der Waals surface area contributed by atoms with Gasteiger partial charge in [-0.05, 0) is 36.4 Å². The second-order valence-corrected chi connectivity index (χ2v) is 5.79. The van der Waals surface area contributed by atoms with E-state index >= 15 is 0 Å². The zero-order valence-electron chi connectivity index (χ0n) is 14.6. The summed E-state index contributed by atoms with van der Waals surface area (Å²) in [4.78, 5) is 12.4. The molecule has 0 fully saturated rings. The number of amides is 1. The normalized spacial score (nSPS) is 12.0. The van der Waals surface area contributed by atoms with Crippen molar-refractivity contribution in [2.75, 3.05) is 5.32 Å². The van der Waals surface area contributed by atoms with Crippen molar-refractivity contribution in [1.29, 1.82) is 0 Å². The van der Waals surface area contributed by atoms with Crippen LogP contribution in [0.3, 0.4) is 0 Å². The van der Waals surface area contributed by atoms with Crippen molar-refractivity contribution in [2.24, 2.45) is 0 Å². The molecule has 158 valence electrons. The molecular weight excluding hydrogens is 423 g/mol. The van der Waals surface area contributed by atoms with E-state index < -0.39 is 47.0 Å². The van der Waals surface area contributed by atoms with Crippen LogP contribution in [0.5, 0.6) is 5.75 Å². The summed E-state index contributed by atoms with van der Waals surface area (Å²) < 4.78 is 95.1. The lowest BCUT2D eigenvalue weighted by Gasteiger charge is -2.13. The van der Waals surface area contributed by atoms with Crippen molar-refractivity contribution in [3.63, 3.8) is 0 Å². The van der Waals surface area contributed by atoms with E-state index in [0.717, 1.165) is 36.4 Å². The molecule has 2 aromatic carbocycles. The minimum atomic E-state index is -5.06. The average molecular weight is 433 g/mol. The highest BCUT2D eigenvalue weighted by molar-refractivity contribution is 6.05. The van der Waals surface area contributed by atoms with Crippen molar-refractivity contribution in [2.45, 2.75) is 12.5 Å². The molecule has 0 saturated heterocycles. The third-order valence-corrected chi connectivity index (χ3v) is 3.71. The number of nitrogens with one attached hydrogen (secondary N) is 1. The number of carbonyl (C=O) groups excluding carboxylic acids is 1. The predicted molar refractivity (Wildman–Crippen MR) is 89.6 cm³/mol. The fraction of sp³-hybridized carbons (Fsp3) is 0.111. The van der Waals surface area contributed by atoms with Crippen LogP contribution in [-0.2, 0) is 6.18 Å². The Kier molecular flexibility index (Phi) is 5.42. The first-order chi connectivity index (χ1) is 14.0. The van der Waals surface area contributed by atoms with Gasteiger partial charge in [0.2, 0.25) is 0 Å². The Labute approximate surface area is 163 Å². The Morgan fingerprint density at radius 2 is 1.60 bits per heavy atom. The van der Waals surface area contributed by atoms with Crippen molar-refractivity contribution in [1.82, 2.24) is 9.78 Å². The number of benzene rings is 2. The van der Waals surface area contributed by atoms with Gasteiger partial charge in [0, 0.05) is 5.69 Å². The quantitative estimate of drug-likeness (QED) is 0.577. The van der Waals surface area contributed by atoms with Gasteiger partial charge in [-0.25, -0.2) is 9.07 Å². The van der Waals surface area contributed by atoms with Crippen LogP contribution in [0.2, 0.25) is 0 Å². The van der Waals surface area contributed by atoms with Crippen LogP contribution in [-0.4, -0.2) is 22.1 Å². The second-order valence-electron chi connectivity index (χ2n) is 5.79. The molecule has 30 heavy (non-hydrogen) atoms. The van der Waals surface area contributed by atoms with Gasteiger partial charge < -0.3 is 10.1 Å². The van der Waals surface area contributed by atoms with E-state index in [1.54, 1.807) is 0 Å². The monoisotopic (exact) mass is 433 g/mol. The molecule has 3 aromatic rings. The fourth-order valence-corrected chi connectivity index (χ4v) is 2.53. The van der Waals surface area contributed by atoms with Gasteiger partial charge in [-0.15, -0.1) is 13.2 Å². The number of aromatic nitrogens is 2. The number of carbonyl (C=O) groups is 1. The maximum atomic E-state index is 13.9. The molecule has 1 amide bonds. The van der Waals surface area contributed by atoms with Crippen LogP contribution < -0.4 is 10.1 Å². The van der Waals surface area contributed by atoms with Gasteiger partial charge in [0.25, 0.3) is 5.91 Å². The molecule has 1 aromatic heterocycles. The Hall–Kier alpha value is -3.57. The fourth-order valence-electron chi connectivity index (χ4n) is 2.53. The third kappa shape index (κ3) is 4.70. The topological polar surface area (TPSA) is 56.1 Å². The summed E-state index contributed by atoms with van der Waals surface area (Å²) in [6.07, 6.45) is -9.37. The van der Waals surface area contributed by atoms with Gasteiger partial charge in [-0.1, -0.05) is 12.1 Å². The first kappa shape index (κ1) is 21.1. The maximum Gasteiger partial charge on any atom is 0.573 e.